The minimum absolute atomic E-state index is 0.0237. The molecule has 2 unspecified atom stereocenters. The molecule has 0 aromatic heterocycles. The summed E-state index contributed by atoms with van der Waals surface area (Å²) in [6.45, 7) is 8.80. The predicted molar refractivity (Wildman–Crippen MR) is 57.2 cm³/mol. The van der Waals surface area contributed by atoms with Crippen LogP contribution in [0, 0.1) is 0 Å². The fraction of sp³-hybridized carbons (Fsp3) is 1.00. The second-order valence-electron chi connectivity index (χ2n) is 5.59. The largest absolute Gasteiger partial charge is 0.353 e. The number of hydrogen-bond donors (Lipinski definition) is 1. The summed E-state index contributed by atoms with van der Waals surface area (Å²) in [4.78, 5) is 2.33. The molecule has 0 saturated carbocycles. The Morgan fingerprint density at radius 1 is 1.43 bits per heavy atom. The quantitative estimate of drug-likeness (QED) is 0.633. The van der Waals surface area contributed by atoms with E-state index in [1.165, 1.54) is 0 Å². The zero-order valence-corrected chi connectivity index (χ0v) is 9.76. The molecular weight excluding hydrogens is 176 g/mol. The van der Waals surface area contributed by atoms with Crippen molar-refractivity contribution in [3.8, 4) is 0 Å². The molecule has 3 heteroatoms. The zero-order chi connectivity index (χ0) is 10.4. The van der Waals surface area contributed by atoms with Crippen molar-refractivity contribution in [3.05, 3.63) is 0 Å². The molecule has 2 aliphatic heterocycles. The van der Waals surface area contributed by atoms with E-state index in [-0.39, 0.29) is 11.3 Å². The molecule has 0 bridgehead atoms. The number of likely N-dealkylation sites (N-methyl/N-ethyl adjacent to an activating group) is 1. The van der Waals surface area contributed by atoms with Crippen molar-refractivity contribution in [1.29, 1.82) is 0 Å². The number of likely N-dealkylation sites (tertiary alicyclic amines) is 1. The van der Waals surface area contributed by atoms with E-state index in [1.54, 1.807) is 0 Å². The first-order valence-electron chi connectivity index (χ1n) is 5.57. The summed E-state index contributed by atoms with van der Waals surface area (Å²) in [5.41, 5.74) is -0.0498. The molecule has 2 heterocycles. The number of rotatable bonds is 0. The van der Waals surface area contributed by atoms with E-state index < -0.39 is 0 Å². The van der Waals surface area contributed by atoms with Crippen LogP contribution >= 0.6 is 0 Å². The Kier molecular flexibility index (Phi) is 2.37. The Morgan fingerprint density at radius 3 is 2.64 bits per heavy atom. The van der Waals surface area contributed by atoms with E-state index >= 15 is 0 Å². The first kappa shape index (κ1) is 10.4. The van der Waals surface area contributed by atoms with Crippen LogP contribution in [-0.2, 0) is 4.74 Å². The Morgan fingerprint density at radius 2 is 2.14 bits per heavy atom. The monoisotopic (exact) mass is 198 g/mol. The van der Waals surface area contributed by atoms with Gasteiger partial charge in [0.2, 0.25) is 0 Å². The molecule has 2 rings (SSSR count). The summed E-state index contributed by atoms with van der Waals surface area (Å²) in [6.07, 6.45) is 2.20. The Bertz CT molecular complexity index is 229. The average molecular weight is 198 g/mol. The maximum atomic E-state index is 6.21. The fourth-order valence-electron chi connectivity index (χ4n) is 3.00. The maximum Gasteiger partial charge on any atom is 0.134 e. The van der Waals surface area contributed by atoms with Crippen LogP contribution in [0.3, 0.4) is 0 Å². The summed E-state index contributed by atoms with van der Waals surface area (Å²) in [6, 6.07) is 0.560. The molecule has 0 aliphatic carbocycles. The minimum Gasteiger partial charge on any atom is -0.353 e. The molecule has 3 nitrogen and oxygen atoms in total. The molecule has 82 valence electrons. The van der Waals surface area contributed by atoms with E-state index in [1.807, 2.05) is 0 Å². The highest BCUT2D eigenvalue weighted by Crippen LogP contribution is 2.34. The van der Waals surface area contributed by atoms with Gasteiger partial charge in [-0.05, 0) is 34.2 Å². The van der Waals surface area contributed by atoms with Gasteiger partial charge in [-0.2, -0.15) is 0 Å². The molecule has 0 radical (unpaired) electrons. The maximum absolute atomic E-state index is 6.21. The van der Waals surface area contributed by atoms with Crippen LogP contribution in [0.1, 0.15) is 33.6 Å². The summed E-state index contributed by atoms with van der Waals surface area (Å²) >= 11 is 0. The number of nitrogens with zero attached hydrogens (tertiary/aromatic N) is 1. The van der Waals surface area contributed by atoms with Crippen LogP contribution in [-0.4, -0.2) is 42.4 Å². The zero-order valence-electron chi connectivity index (χ0n) is 9.76. The topological polar surface area (TPSA) is 24.5 Å². The second-order valence-corrected chi connectivity index (χ2v) is 5.59. The van der Waals surface area contributed by atoms with Crippen LogP contribution in [0.2, 0.25) is 0 Å². The Balaban J connectivity index is 2.12. The Labute approximate surface area is 86.8 Å². The number of ether oxygens (including phenoxy) is 1. The number of nitrogens with one attached hydrogen (secondary N) is 1. The van der Waals surface area contributed by atoms with Gasteiger partial charge in [0.1, 0.15) is 5.72 Å². The molecule has 2 aliphatic rings. The van der Waals surface area contributed by atoms with Gasteiger partial charge in [0.25, 0.3) is 0 Å². The lowest BCUT2D eigenvalue weighted by Gasteiger charge is -2.47. The van der Waals surface area contributed by atoms with E-state index in [2.05, 4.69) is 38.0 Å². The van der Waals surface area contributed by atoms with Crippen LogP contribution in [0.5, 0.6) is 0 Å². The normalized spacial score (nSPS) is 43.3. The predicted octanol–water partition coefficient (Wildman–Crippen LogP) is 1.20. The van der Waals surface area contributed by atoms with Crippen LogP contribution in [0.4, 0.5) is 0 Å². The third kappa shape index (κ3) is 1.95. The van der Waals surface area contributed by atoms with Crippen LogP contribution < -0.4 is 5.32 Å². The van der Waals surface area contributed by atoms with E-state index in [9.17, 15) is 0 Å². The standard InChI is InChI=1S/C11H22N2O/c1-9-7-10(2,3)14-11(12-9)5-6-13(4)8-11/h9,12H,5-8H2,1-4H3. The Hall–Kier alpha value is -0.120. The van der Waals surface area contributed by atoms with Crippen molar-refractivity contribution in [2.45, 2.75) is 51.0 Å². The molecule has 2 atom stereocenters. The lowest BCUT2D eigenvalue weighted by molar-refractivity contribution is -0.189. The van der Waals surface area contributed by atoms with Gasteiger partial charge in [-0.1, -0.05) is 0 Å². The van der Waals surface area contributed by atoms with Gasteiger partial charge < -0.3 is 9.64 Å². The highest BCUT2D eigenvalue weighted by molar-refractivity contribution is 4.97. The molecule has 0 aromatic carbocycles. The van der Waals surface area contributed by atoms with E-state index in [0.29, 0.717) is 6.04 Å². The molecular formula is C11H22N2O. The first-order valence-corrected chi connectivity index (χ1v) is 5.57. The van der Waals surface area contributed by atoms with Gasteiger partial charge >= 0.3 is 0 Å². The third-order valence-electron chi connectivity index (χ3n) is 3.20. The number of hydrogen-bond acceptors (Lipinski definition) is 3. The van der Waals surface area contributed by atoms with E-state index in [0.717, 1.165) is 25.9 Å². The SMILES string of the molecule is CC1CC(C)(C)OC2(CCN(C)C2)N1. The molecule has 1 spiro atoms. The fourth-order valence-corrected chi connectivity index (χ4v) is 3.00. The summed E-state index contributed by atoms with van der Waals surface area (Å²) in [5, 5.41) is 3.61. The van der Waals surface area contributed by atoms with Crippen molar-refractivity contribution in [2.75, 3.05) is 20.1 Å². The van der Waals surface area contributed by atoms with Crippen LogP contribution in [0.25, 0.3) is 0 Å². The molecule has 0 amide bonds. The molecule has 14 heavy (non-hydrogen) atoms. The molecule has 1 N–H and O–H groups in total. The van der Waals surface area contributed by atoms with Gasteiger partial charge in [0, 0.05) is 25.6 Å². The second kappa shape index (κ2) is 3.19. The summed E-state index contributed by atoms with van der Waals surface area (Å²) in [7, 11) is 2.16. The van der Waals surface area contributed by atoms with Crippen molar-refractivity contribution in [3.63, 3.8) is 0 Å². The van der Waals surface area contributed by atoms with Crippen molar-refractivity contribution in [1.82, 2.24) is 10.2 Å². The minimum atomic E-state index is -0.0735. The van der Waals surface area contributed by atoms with Gasteiger partial charge in [-0.3, -0.25) is 5.32 Å². The van der Waals surface area contributed by atoms with Crippen LogP contribution in [0.15, 0.2) is 0 Å². The van der Waals surface area contributed by atoms with Crippen molar-refractivity contribution < 1.29 is 4.74 Å². The van der Waals surface area contributed by atoms with Gasteiger partial charge in [-0.25, -0.2) is 0 Å². The summed E-state index contributed by atoms with van der Waals surface area (Å²) in [5.74, 6) is 0. The lowest BCUT2D eigenvalue weighted by Crippen LogP contribution is -2.62. The summed E-state index contributed by atoms with van der Waals surface area (Å²) < 4.78 is 6.21. The first-order chi connectivity index (χ1) is 6.41. The van der Waals surface area contributed by atoms with Crippen molar-refractivity contribution in [2.24, 2.45) is 0 Å². The molecule has 2 saturated heterocycles. The van der Waals surface area contributed by atoms with Crippen molar-refractivity contribution >= 4 is 0 Å². The lowest BCUT2D eigenvalue weighted by atomic mass is 9.94. The van der Waals surface area contributed by atoms with Gasteiger partial charge in [0.15, 0.2) is 0 Å². The third-order valence-corrected chi connectivity index (χ3v) is 3.20. The molecule has 0 aromatic rings. The van der Waals surface area contributed by atoms with Gasteiger partial charge in [0.05, 0.1) is 5.60 Å². The highest BCUT2D eigenvalue weighted by atomic mass is 16.5. The smallest absolute Gasteiger partial charge is 0.134 e. The van der Waals surface area contributed by atoms with E-state index in [4.69, 9.17) is 4.74 Å². The highest BCUT2D eigenvalue weighted by Gasteiger charge is 2.46. The molecule has 2 fully saturated rings. The van der Waals surface area contributed by atoms with Gasteiger partial charge in [-0.15, -0.1) is 0 Å². The average Bonchev–Trinajstić information content (AvgIpc) is 2.26.